The highest BCUT2D eigenvalue weighted by molar-refractivity contribution is 6.06. The largest absolute Gasteiger partial charge is 0.328 e. The van der Waals surface area contributed by atoms with E-state index in [-0.39, 0.29) is 11.9 Å². The van der Waals surface area contributed by atoms with Gasteiger partial charge in [-0.05, 0) is 30.2 Å². The smallest absolute Gasteiger partial charge is 0.312 e. The molecule has 2 N–H and O–H groups in total. The fourth-order valence-corrected chi connectivity index (χ4v) is 2.56. The maximum Gasteiger partial charge on any atom is 0.328 e. The molecule has 18 heavy (non-hydrogen) atoms. The molecular weight excluding hydrogens is 230 g/mol. The summed E-state index contributed by atoms with van der Waals surface area (Å²) >= 11 is 0. The van der Waals surface area contributed by atoms with Crippen LogP contribution < -0.4 is 15.5 Å². The van der Waals surface area contributed by atoms with E-state index >= 15 is 0 Å². The molecule has 1 aromatic rings. The van der Waals surface area contributed by atoms with Gasteiger partial charge in [-0.2, -0.15) is 0 Å². The van der Waals surface area contributed by atoms with Crippen LogP contribution in [0.15, 0.2) is 18.2 Å². The summed E-state index contributed by atoms with van der Waals surface area (Å²) in [7, 11) is 0. The molecule has 0 aromatic heterocycles. The Labute approximate surface area is 105 Å². The topological polar surface area (TPSA) is 61.4 Å². The number of imide groups is 1. The fourth-order valence-electron chi connectivity index (χ4n) is 2.56. The number of carbonyl (C=O) groups is 2. The van der Waals surface area contributed by atoms with E-state index in [4.69, 9.17) is 0 Å². The Morgan fingerprint density at radius 1 is 1.17 bits per heavy atom. The number of hydrogen-bond donors (Lipinski definition) is 2. The highest BCUT2D eigenvalue weighted by Gasteiger charge is 2.27. The molecule has 0 spiro atoms. The molecule has 0 unspecified atom stereocenters. The van der Waals surface area contributed by atoms with Gasteiger partial charge >= 0.3 is 6.03 Å². The number of anilines is 1. The van der Waals surface area contributed by atoms with Gasteiger partial charge in [0.2, 0.25) is 5.91 Å². The highest BCUT2D eigenvalue weighted by Crippen LogP contribution is 2.27. The first-order chi connectivity index (χ1) is 8.75. The summed E-state index contributed by atoms with van der Waals surface area (Å²) in [6.07, 6.45) is 1.29. The summed E-state index contributed by atoms with van der Waals surface area (Å²) in [6, 6.07) is 5.70. The fraction of sp³-hybridized carbons (Fsp3) is 0.385. The van der Waals surface area contributed by atoms with Gasteiger partial charge in [0.25, 0.3) is 0 Å². The van der Waals surface area contributed by atoms with E-state index in [9.17, 15) is 9.59 Å². The number of fused-ring (bicyclic) bond motifs is 1. The van der Waals surface area contributed by atoms with Crippen molar-refractivity contribution in [3.63, 3.8) is 0 Å². The number of nitrogens with one attached hydrogen (secondary N) is 2. The number of carbonyl (C=O) groups excluding carboxylic acids is 2. The van der Waals surface area contributed by atoms with Gasteiger partial charge in [0, 0.05) is 25.2 Å². The zero-order valence-corrected chi connectivity index (χ0v) is 10.0. The van der Waals surface area contributed by atoms with E-state index in [0.717, 1.165) is 25.2 Å². The van der Waals surface area contributed by atoms with Gasteiger partial charge in [-0.15, -0.1) is 0 Å². The lowest BCUT2D eigenvalue weighted by molar-refractivity contribution is -0.120. The van der Waals surface area contributed by atoms with E-state index in [0.29, 0.717) is 13.0 Å². The molecule has 3 amide bonds. The number of amides is 3. The van der Waals surface area contributed by atoms with Crippen LogP contribution in [0.25, 0.3) is 0 Å². The lowest BCUT2D eigenvalue weighted by atomic mass is 9.98. The minimum atomic E-state index is -0.307. The maximum absolute atomic E-state index is 11.9. The second-order valence-electron chi connectivity index (χ2n) is 4.60. The predicted molar refractivity (Wildman–Crippen MR) is 67.4 cm³/mol. The number of nitrogens with zero attached hydrogens (tertiary/aromatic N) is 1. The second-order valence-corrected chi connectivity index (χ2v) is 4.60. The first kappa shape index (κ1) is 11.2. The molecule has 0 aliphatic carbocycles. The van der Waals surface area contributed by atoms with Gasteiger partial charge in [-0.1, -0.05) is 12.1 Å². The molecule has 0 radical (unpaired) electrons. The molecule has 2 aliphatic rings. The molecule has 5 heteroatoms. The van der Waals surface area contributed by atoms with Crippen LogP contribution in [-0.2, 0) is 17.8 Å². The van der Waals surface area contributed by atoms with E-state index in [2.05, 4.69) is 16.7 Å². The van der Waals surface area contributed by atoms with E-state index in [1.807, 2.05) is 12.1 Å². The molecule has 3 rings (SSSR count). The Hall–Kier alpha value is -1.88. The zero-order chi connectivity index (χ0) is 12.5. The molecule has 0 saturated carbocycles. The summed E-state index contributed by atoms with van der Waals surface area (Å²) in [5.74, 6) is -0.192. The number of benzene rings is 1. The third-order valence-electron chi connectivity index (χ3n) is 3.46. The van der Waals surface area contributed by atoms with Gasteiger partial charge in [0.15, 0.2) is 0 Å². The normalized spacial score (nSPS) is 19.4. The minimum absolute atomic E-state index is 0.192. The molecule has 5 nitrogen and oxygen atoms in total. The van der Waals surface area contributed by atoms with Crippen LogP contribution in [0.2, 0.25) is 0 Å². The third-order valence-corrected chi connectivity index (χ3v) is 3.46. The van der Waals surface area contributed by atoms with Crippen molar-refractivity contribution >= 4 is 17.6 Å². The third kappa shape index (κ3) is 1.86. The van der Waals surface area contributed by atoms with Gasteiger partial charge in [0.1, 0.15) is 0 Å². The molecular formula is C13H15N3O2. The monoisotopic (exact) mass is 245 g/mol. The molecule has 1 saturated heterocycles. The van der Waals surface area contributed by atoms with Gasteiger partial charge in [-0.25, -0.2) is 4.79 Å². The van der Waals surface area contributed by atoms with Crippen molar-refractivity contribution in [1.29, 1.82) is 0 Å². The van der Waals surface area contributed by atoms with Crippen molar-refractivity contribution in [2.24, 2.45) is 0 Å². The SMILES string of the molecule is O=C1CCN(c2cccc3c2CCNC3)C(=O)N1. The van der Waals surface area contributed by atoms with E-state index in [1.165, 1.54) is 11.1 Å². The van der Waals surface area contributed by atoms with Crippen molar-refractivity contribution in [3.05, 3.63) is 29.3 Å². The van der Waals surface area contributed by atoms with Crippen LogP contribution in [0.4, 0.5) is 10.5 Å². The molecule has 0 bridgehead atoms. The van der Waals surface area contributed by atoms with Gasteiger partial charge in [0.05, 0.1) is 0 Å². The van der Waals surface area contributed by atoms with Crippen molar-refractivity contribution in [2.75, 3.05) is 18.0 Å². The standard InChI is InChI=1S/C13H15N3O2/c17-12-5-7-16(13(18)15-12)11-3-1-2-9-8-14-6-4-10(9)11/h1-3,14H,4-8H2,(H,15,17,18). The zero-order valence-electron chi connectivity index (χ0n) is 10.0. The maximum atomic E-state index is 11.9. The van der Waals surface area contributed by atoms with Crippen LogP contribution in [0.1, 0.15) is 17.5 Å². The van der Waals surface area contributed by atoms with Crippen molar-refractivity contribution in [1.82, 2.24) is 10.6 Å². The van der Waals surface area contributed by atoms with E-state index < -0.39 is 0 Å². The van der Waals surface area contributed by atoms with Crippen LogP contribution in [-0.4, -0.2) is 25.0 Å². The summed E-state index contributed by atoms with van der Waals surface area (Å²) < 4.78 is 0. The van der Waals surface area contributed by atoms with Crippen LogP contribution in [0, 0.1) is 0 Å². The van der Waals surface area contributed by atoms with Crippen LogP contribution >= 0.6 is 0 Å². The molecule has 2 heterocycles. The average molecular weight is 245 g/mol. The van der Waals surface area contributed by atoms with Crippen LogP contribution in [0.5, 0.6) is 0 Å². The number of urea groups is 1. The lowest BCUT2D eigenvalue weighted by Gasteiger charge is -2.30. The Kier molecular flexibility index (Phi) is 2.76. The first-order valence-electron chi connectivity index (χ1n) is 6.18. The van der Waals surface area contributed by atoms with Crippen LogP contribution in [0.3, 0.4) is 0 Å². The first-order valence-corrected chi connectivity index (χ1v) is 6.18. The molecule has 1 fully saturated rings. The van der Waals surface area contributed by atoms with Crippen molar-refractivity contribution in [2.45, 2.75) is 19.4 Å². The quantitative estimate of drug-likeness (QED) is 0.768. The summed E-state index contributed by atoms with van der Waals surface area (Å²) in [4.78, 5) is 24.7. The van der Waals surface area contributed by atoms with Gasteiger partial charge < -0.3 is 5.32 Å². The summed E-state index contributed by atoms with van der Waals surface area (Å²) in [6.45, 7) is 2.24. The molecule has 94 valence electrons. The van der Waals surface area contributed by atoms with Gasteiger partial charge in [-0.3, -0.25) is 15.0 Å². The molecule has 2 aliphatic heterocycles. The minimum Gasteiger partial charge on any atom is -0.312 e. The van der Waals surface area contributed by atoms with Crippen molar-refractivity contribution in [3.8, 4) is 0 Å². The Balaban J connectivity index is 1.97. The molecule has 0 atom stereocenters. The second kappa shape index (κ2) is 4.42. The summed E-state index contributed by atoms with van der Waals surface area (Å²) in [5.41, 5.74) is 3.41. The predicted octanol–water partition coefficient (Wildman–Crippen LogP) is 0.779. The highest BCUT2D eigenvalue weighted by atomic mass is 16.2. The van der Waals surface area contributed by atoms with Crippen molar-refractivity contribution < 1.29 is 9.59 Å². The average Bonchev–Trinajstić information content (AvgIpc) is 2.38. The number of rotatable bonds is 1. The lowest BCUT2D eigenvalue weighted by Crippen LogP contribution is -2.50. The number of hydrogen-bond acceptors (Lipinski definition) is 3. The summed E-state index contributed by atoms with van der Waals surface area (Å²) in [5, 5.41) is 5.68. The Bertz CT molecular complexity index is 513. The molecule has 1 aromatic carbocycles. The van der Waals surface area contributed by atoms with E-state index in [1.54, 1.807) is 4.90 Å². The Morgan fingerprint density at radius 3 is 2.89 bits per heavy atom. The Morgan fingerprint density at radius 2 is 2.06 bits per heavy atom.